The zero-order chi connectivity index (χ0) is 14.1. The molecule has 3 rings (SSSR count). The second kappa shape index (κ2) is 5.75. The molecule has 1 aromatic rings. The molecule has 1 fully saturated rings. The van der Waals surface area contributed by atoms with Crippen LogP contribution in [0.1, 0.15) is 86.1 Å². The molecule has 2 aliphatic carbocycles. The number of aromatic nitrogens is 1. The smallest absolute Gasteiger partial charge is 0.164 e. The van der Waals surface area contributed by atoms with E-state index in [-0.39, 0.29) is 0 Å². The number of ketones is 1. The van der Waals surface area contributed by atoms with Gasteiger partial charge in [0.2, 0.25) is 0 Å². The number of hydrogen-bond acceptors (Lipinski definition) is 1. The topological polar surface area (TPSA) is 22.0 Å². The van der Waals surface area contributed by atoms with Crippen LogP contribution in [0.2, 0.25) is 0 Å². The van der Waals surface area contributed by atoms with E-state index in [0.29, 0.717) is 11.8 Å². The van der Waals surface area contributed by atoms with Crippen molar-refractivity contribution in [2.75, 3.05) is 0 Å². The van der Waals surface area contributed by atoms with Crippen molar-refractivity contribution >= 4 is 5.78 Å². The molecular weight excluding hydrogens is 246 g/mol. The Morgan fingerprint density at radius 2 is 1.95 bits per heavy atom. The fourth-order valence-corrected chi connectivity index (χ4v) is 4.36. The lowest BCUT2D eigenvalue weighted by atomic mass is 9.83. The molecule has 0 radical (unpaired) electrons. The minimum Gasteiger partial charge on any atom is -0.345 e. The molecule has 2 aliphatic rings. The van der Waals surface area contributed by atoms with Gasteiger partial charge in [0.25, 0.3) is 0 Å². The van der Waals surface area contributed by atoms with Crippen molar-refractivity contribution in [3.63, 3.8) is 0 Å². The molecule has 0 aliphatic heterocycles. The molecule has 20 heavy (non-hydrogen) atoms. The molecule has 2 heteroatoms. The van der Waals surface area contributed by atoms with E-state index in [2.05, 4.69) is 24.5 Å². The molecule has 0 amide bonds. The Balaban J connectivity index is 1.80. The number of nitrogens with zero attached hydrogens (tertiary/aromatic N) is 1. The minimum absolute atomic E-state index is 0.368. The molecule has 0 N–H and O–H groups in total. The number of carbonyl (C=O) groups is 1. The molecule has 0 saturated heterocycles. The average Bonchev–Trinajstić information content (AvgIpc) is 2.78. The Kier molecular flexibility index (Phi) is 4.00. The molecule has 1 saturated carbocycles. The summed E-state index contributed by atoms with van der Waals surface area (Å²) < 4.78 is 2.52. The Morgan fingerprint density at radius 3 is 2.65 bits per heavy atom. The van der Waals surface area contributed by atoms with Gasteiger partial charge in [0.1, 0.15) is 0 Å². The summed E-state index contributed by atoms with van der Waals surface area (Å²) in [5, 5.41) is 0. The molecule has 1 heterocycles. The molecule has 1 aromatic heterocycles. The first-order valence-electron chi connectivity index (χ1n) is 8.44. The van der Waals surface area contributed by atoms with Gasteiger partial charge in [0, 0.05) is 29.4 Å². The number of hydrogen-bond donors (Lipinski definition) is 0. The molecule has 0 bridgehead atoms. The van der Waals surface area contributed by atoms with Gasteiger partial charge < -0.3 is 4.57 Å². The first-order valence-corrected chi connectivity index (χ1v) is 8.44. The highest BCUT2D eigenvalue weighted by Crippen LogP contribution is 2.38. The third kappa shape index (κ3) is 2.45. The van der Waals surface area contributed by atoms with Gasteiger partial charge >= 0.3 is 0 Å². The predicted molar refractivity (Wildman–Crippen MR) is 82.3 cm³/mol. The fourth-order valence-electron chi connectivity index (χ4n) is 4.36. The first-order chi connectivity index (χ1) is 9.70. The van der Waals surface area contributed by atoms with E-state index in [0.717, 1.165) is 30.7 Å². The van der Waals surface area contributed by atoms with Gasteiger partial charge in [-0.3, -0.25) is 4.79 Å². The van der Waals surface area contributed by atoms with E-state index >= 15 is 0 Å². The summed E-state index contributed by atoms with van der Waals surface area (Å²) in [6.45, 7) is 4.48. The van der Waals surface area contributed by atoms with Crippen LogP contribution in [0.15, 0.2) is 6.07 Å². The van der Waals surface area contributed by atoms with E-state index in [9.17, 15) is 4.79 Å². The SMILES string of the molecule is CCCC1CCC(n2c(C)cc3c2CCCC3=O)CC1. The van der Waals surface area contributed by atoms with E-state index in [1.54, 1.807) is 0 Å². The number of Topliss-reactive ketones (excluding diaryl/α,β-unsaturated/α-hetero) is 1. The van der Waals surface area contributed by atoms with E-state index < -0.39 is 0 Å². The molecule has 0 spiro atoms. The molecule has 2 nitrogen and oxygen atoms in total. The van der Waals surface area contributed by atoms with Crippen LogP contribution in [0.3, 0.4) is 0 Å². The maximum Gasteiger partial charge on any atom is 0.164 e. The average molecular weight is 273 g/mol. The van der Waals surface area contributed by atoms with Crippen LogP contribution in [0.25, 0.3) is 0 Å². The number of carbonyl (C=O) groups excluding carboxylic acids is 1. The van der Waals surface area contributed by atoms with Crippen LogP contribution < -0.4 is 0 Å². The lowest BCUT2D eigenvalue weighted by Gasteiger charge is -2.32. The minimum atomic E-state index is 0.368. The monoisotopic (exact) mass is 273 g/mol. The molecule has 0 atom stereocenters. The predicted octanol–water partition coefficient (Wildman–Crippen LogP) is 4.85. The van der Waals surface area contributed by atoms with Gasteiger partial charge in [0.05, 0.1) is 0 Å². The Morgan fingerprint density at radius 1 is 1.20 bits per heavy atom. The Hall–Kier alpha value is -1.05. The van der Waals surface area contributed by atoms with Crippen LogP contribution in [0, 0.1) is 12.8 Å². The molecule has 0 unspecified atom stereocenters. The summed E-state index contributed by atoms with van der Waals surface area (Å²) >= 11 is 0. The van der Waals surface area contributed by atoms with Crippen LogP contribution in [0.5, 0.6) is 0 Å². The van der Waals surface area contributed by atoms with E-state index in [1.165, 1.54) is 49.9 Å². The third-order valence-electron chi connectivity index (χ3n) is 5.33. The Bertz CT molecular complexity index is 492. The number of fused-ring (bicyclic) bond motifs is 1. The summed E-state index contributed by atoms with van der Waals surface area (Å²) in [5.41, 5.74) is 3.69. The number of rotatable bonds is 3. The van der Waals surface area contributed by atoms with Crippen molar-refractivity contribution < 1.29 is 4.79 Å². The van der Waals surface area contributed by atoms with Crippen LogP contribution in [-0.4, -0.2) is 10.4 Å². The summed E-state index contributed by atoms with van der Waals surface area (Å²) in [6, 6.07) is 2.80. The van der Waals surface area contributed by atoms with Gasteiger partial charge in [-0.15, -0.1) is 0 Å². The summed E-state index contributed by atoms with van der Waals surface area (Å²) in [5.74, 6) is 1.32. The van der Waals surface area contributed by atoms with Crippen LogP contribution in [0.4, 0.5) is 0 Å². The maximum atomic E-state index is 12.1. The number of aryl methyl sites for hydroxylation is 1. The Labute approximate surface area is 122 Å². The lowest BCUT2D eigenvalue weighted by Crippen LogP contribution is -2.22. The maximum absolute atomic E-state index is 12.1. The van der Waals surface area contributed by atoms with Crippen LogP contribution >= 0.6 is 0 Å². The molecular formula is C18H27NO. The van der Waals surface area contributed by atoms with Crippen molar-refractivity contribution in [3.05, 3.63) is 23.0 Å². The standard InChI is InChI=1S/C18H27NO/c1-3-5-14-8-10-15(11-9-14)19-13(2)12-16-17(19)6-4-7-18(16)20/h12,14-15H,3-11H2,1-2H3. The highest BCUT2D eigenvalue weighted by atomic mass is 16.1. The zero-order valence-corrected chi connectivity index (χ0v) is 13.0. The fraction of sp³-hybridized carbons (Fsp3) is 0.722. The van der Waals surface area contributed by atoms with Crippen molar-refractivity contribution in [1.29, 1.82) is 0 Å². The van der Waals surface area contributed by atoms with E-state index in [1.807, 2.05) is 0 Å². The summed E-state index contributed by atoms with van der Waals surface area (Å²) in [7, 11) is 0. The lowest BCUT2D eigenvalue weighted by molar-refractivity contribution is 0.0971. The highest BCUT2D eigenvalue weighted by molar-refractivity contribution is 5.98. The van der Waals surface area contributed by atoms with Gasteiger partial charge in [0.15, 0.2) is 5.78 Å². The van der Waals surface area contributed by atoms with E-state index in [4.69, 9.17) is 0 Å². The quantitative estimate of drug-likeness (QED) is 0.772. The summed E-state index contributed by atoms with van der Waals surface area (Å²) in [4.78, 5) is 12.1. The first kappa shape index (κ1) is 13.9. The van der Waals surface area contributed by atoms with Gasteiger partial charge in [-0.2, -0.15) is 0 Å². The second-order valence-corrected chi connectivity index (χ2v) is 6.76. The van der Waals surface area contributed by atoms with Crippen molar-refractivity contribution in [2.24, 2.45) is 5.92 Å². The van der Waals surface area contributed by atoms with Crippen LogP contribution in [-0.2, 0) is 6.42 Å². The van der Waals surface area contributed by atoms with Gasteiger partial charge in [-0.25, -0.2) is 0 Å². The normalized spacial score (nSPS) is 26.6. The van der Waals surface area contributed by atoms with Gasteiger partial charge in [-0.1, -0.05) is 19.8 Å². The third-order valence-corrected chi connectivity index (χ3v) is 5.33. The van der Waals surface area contributed by atoms with Crippen molar-refractivity contribution in [2.45, 2.75) is 77.7 Å². The molecule has 110 valence electrons. The zero-order valence-electron chi connectivity index (χ0n) is 13.0. The van der Waals surface area contributed by atoms with Crippen molar-refractivity contribution in [3.8, 4) is 0 Å². The summed E-state index contributed by atoms with van der Waals surface area (Å²) in [6.07, 6.45) is 11.0. The van der Waals surface area contributed by atoms with Gasteiger partial charge in [-0.05, 0) is 57.4 Å². The largest absolute Gasteiger partial charge is 0.345 e. The highest BCUT2D eigenvalue weighted by Gasteiger charge is 2.28. The molecule has 0 aromatic carbocycles. The second-order valence-electron chi connectivity index (χ2n) is 6.76. The van der Waals surface area contributed by atoms with Crippen molar-refractivity contribution in [1.82, 2.24) is 4.57 Å².